The summed E-state index contributed by atoms with van der Waals surface area (Å²) in [6.45, 7) is 4.90. The monoisotopic (exact) mass is 307 g/mol. The first-order valence-electron chi connectivity index (χ1n) is 8.23. The highest BCUT2D eigenvalue weighted by Gasteiger charge is 2.19. The molecule has 0 aliphatic carbocycles. The van der Waals surface area contributed by atoms with Crippen LogP contribution in [-0.4, -0.2) is 40.7 Å². The maximum absolute atomic E-state index is 4.87. The van der Waals surface area contributed by atoms with Crippen LogP contribution in [0, 0.1) is 0 Å². The van der Waals surface area contributed by atoms with Crippen molar-refractivity contribution in [3.8, 4) is 0 Å². The summed E-state index contributed by atoms with van der Waals surface area (Å²) in [6.07, 6.45) is 2.99. The standard InChI is InChI=1S/C18H21N5/c1-2-6-15(7-3-1)14-23-17-16(8-4-10-20-17)21-18(23)22-12-5-9-19-11-13-22/h1-4,6-8,10,19H,5,9,11-14H2. The van der Waals surface area contributed by atoms with Gasteiger partial charge in [0.1, 0.15) is 5.52 Å². The van der Waals surface area contributed by atoms with Gasteiger partial charge in [0, 0.05) is 25.8 Å². The molecule has 2 aromatic heterocycles. The summed E-state index contributed by atoms with van der Waals surface area (Å²) in [5, 5.41) is 3.46. The van der Waals surface area contributed by atoms with Crippen molar-refractivity contribution in [2.45, 2.75) is 13.0 Å². The third kappa shape index (κ3) is 2.92. The lowest BCUT2D eigenvalue weighted by Gasteiger charge is -2.22. The summed E-state index contributed by atoms with van der Waals surface area (Å²) in [7, 11) is 0. The molecule has 118 valence electrons. The molecule has 1 fully saturated rings. The molecule has 1 N–H and O–H groups in total. The van der Waals surface area contributed by atoms with Crippen molar-refractivity contribution >= 4 is 17.1 Å². The molecule has 0 atom stereocenters. The van der Waals surface area contributed by atoms with Crippen molar-refractivity contribution in [3.05, 3.63) is 54.2 Å². The van der Waals surface area contributed by atoms with Crippen molar-refractivity contribution in [1.82, 2.24) is 19.9 Å². The van der Waals surface area contributed by atoms with Crippen LogP contribution >= 0.6 is 0 Å². The summed E-state index contributed by atoms with van der Waals surface area (Å²) in [4.78, 5) is 11.8. The predicted octanol–water partition coefficient (Wildman–Crippen LogP) is 2.28. The van der Waals surface area contributed by atoms with E-state index < -0.39 is 0 Å². The molecule has 0 bridgehead atoms. The van der Waals surface area contributed by atoms with E-state index in [9.17, 15) is 0 Å². The van der Waals surface area contributed by atoms with Crippen molar-refractivity contribution in [2.24, 2.45) is 0 Å². The molecule has 3 aromatic rings. The lowest BCUT2D eigenvalue weighted by Crippen LogP contribution is -2.30. The molecule has 0 unspecified atom stereocenters. The SMILES string of the molecule is c1ccc(Cn2c(N3CCCNCC3)nc3cccnc32)cc1. The fourth-order valence-corrected chi connectivity index (χ4v) is 3.15. The van der Waals surface area contributed by atoms with Crippen molar-refractivity contribution < 1.29 is 0 Å². The number of anilines is 1. The van der Waals surface area contributed by atoms with Gasteiger partial charge in [0.05, 0.1) is 6.54 Å². The van der Waals surface area contributed by atoms with Gasteiger partial charge in [-0.3, -0.25) is 4.57 Å². The largest absolute Gasteiger partial charge is 0.341 e. The summed E-state index contributed by atoms with van der Waals surface area (Å²) in [5.41, 5.74) is 3.20. The molecule has 1 aliphatic heterocycles. The number of fused-ring (bicyclic) bond motifs is 1. The molecule has 5 heteroatoms. The predicted molar refractivity (Wildman–Crippen MR) is 92.8 cm³/mol. The van der Waals surface area contributed by atoms with E-state index in [1.54, 1.807) is 0 Å². The zero-order valence-corrected chi connectivity index (χ0v) is 13.2. The molecule has 4 rings (SSSR count). The maximum atomic E-state index is 4.87. The van der Waals surface area contributed by atoms with Gasteiger partial charge in [-0.25, -0.2) is 9.97 Å². The fraction of sp³-hybridized carbons (Fsp3) is 0.333. The molecule has 5 nitrogen and oxygen atoms in total. The molecule has 0 radical (unpaired) electrons. The van der Waals surface area contributed by atoms with Gasteiger partial charge in [0.2, 0.25) is 5.95 Å². The van der Waals surface area contributed by atoms with Crippen LogP contribution in [0.25, 0.3) is 11.2 Å². The highest BCUT2D eigenvalue weighted by atomic mass is 15.3. The Labute approximate surface area is 136 Å². The van der Waals surface area contributed by atoms with Crippen LogP contribution in [0.2, 0.25) is 0 Å². The maximum Gasteiger partial charge on any atom is 0.208 e. The van der Waals surface area contributed by atoms with E-state index in [1.807, 2.05) is 18.3 Å². The molecule has 1 aromatic carbocycles. The summed E-state index contributed by atoms with van der Waals surface area (Å²) < 4.78 is 2.25. The van der Waals surface area contributed by atoms with Gasteiger partial charge in [-0.05, 0) is 30.7 Å². The van der Waals surface area contributed by atoms with Crippen LogP contribution in [-0.2, 0) is 6.54 Å². The van der Waals surface area contributed by atoms with Crippen molar-refractivity contribution in [2.75, 3.05) is 31.1 Å². The Morgan fingerprint density at radius 3 is 2.83 bits per heavy atom. The molecule has 1 saturated heterocycles. The second kappa shape index (κ2) is 6.38. The van der Waals surface area contributed by atoms with E-state index in [1.165, 1.54) is 5.56 Å². The Morgan fingerprint density at radius 2 is 1.91 bits per heavy atom. The summed E-state index contributed by atoms with van der Waals surface area (Å²) >= 11 is 0. The van der Waals surface area contributed by atoms with Gasteiger partial charge in [-0.15, -0.1) is 0 Å². The zero-order valence-electron chi connectivity index (χ0n) is 13.2. The fourth-order valence-electron chi connectivity index (χ4n) is 3.15. The van der Waals surface area contributed by atoms with E-state index in [-0.39, 0.29) is 0 Å². The van der Waals surface area contributed by atoms with Crippen LogP contribution < -0.4 is 10.2 Å². The minimum Gasteiger partial charge on any atom is -0.341 e. The number of hydrogen-bond acceptors (Lipinski definition) is 4. The van der Waals surface area contributed by atoms with Crippen LogP contribution in [0.5, 0.6) is 0 Å². The number of hydrogen-bond donors (Lipinski definition) is 1. The molecule has 0 amide bonds. The average molecular weight is 307 g/mol. The number of rotatable bonds is 3. The first kappa shape index (κ1) is 14.2. The molecular weight excluding hydrogens is 286 g/mol. The summed E-state index contributed by atoms with van der Waals surface area (Å²) in [5.74, 6) is 1.03. The molecule has 1 aliphatic rings. The van der Waals surface area contributed by atoms with Gasteiger partial charge >= 0.3 is 0 Å². The van der Waals surface area contributed by atoms with E-state index >= 15 is 0 Å². The average Bonchev–Trinajstić information content (AvgIpc) is 2.78. The molecular formula is C18H21N5. The third-order valence-electron chi connectivity index (χ3n) is 4.29. The van der Waals surface area contributed by atoms with E-state index in [0.29, 0.717) is 0 Å². The summed E-state index contributed by atoms with van der Waals surface area (Å²) in [6, 6.07) is 14.5. The van der Waals surface area contributed by atoms with Crippen LogP contribution in [0.3, 0.4) is 0 Å². The number of nitrogens with one attached hydrogen (secondary N) is 1. The third-order valence-corrected chi connectivity index (χ3v) is 4.29. The van der Waals surface area contributed by atoms with Gasteiger partial charge in [-0.2, -0.15) is 0 Å². The minimum absolute atomic E-state index is 0.799. The van der Waals surface area contributed by atoms with E-state index in [0.717, 1.165) is 56.3 Å². The molecule has 0 spiro atoms. The topological polar surface area (TPSA) is 46.0 Å². The smallest absolute Gasteiger partial charge is 0.208 e. The first-order valence-corrected chi connectivity index (χ1v) is 8.23. The normalized spacial score (nSPS) is 15.7. The molecule has 23 heavy (non-hydrogen) atoms. The van der Waals surface area contributed by atoms with E-state index in [4.69, 9.17) is 4.98 Å². The molecule has 0 saturated carbocycles. The Kier molecular flexibility index (Phi) is 3.94. The second-order valence-corrected chi connectivity index (χ2v) is 5.92. The van der Waals surface area contributed by atoms with Crippen molar-refractivity contribution in [3.63, 3.8) is 0 Å². The van der Waals surface area contributed by atoms with Gasteiger partial charge in [0.25, 0.3) is 0 Å². The first-order chi connectivity index (χ1) is 11.4. The Balaban J connectivity index is 1.77. The Morgan fingerprint density at radius 1 is 1.00 bits per heavy atom. The number of nitrogens with zero attached hydrogens (tertiary/aromatic N) is 4. The van der Waals surface area contributed by atoms with Gasteiger partial charge < -0.3 is 10.2 Å². The van der Waals surface area contributed by atoms with Crippen LogP contribution in [0.4, 0.5) is 5.95 Å². The lowest BCUT2D eigenvalue weighted by atomic mass is 10.2. The molecule has 3 heterocycles. The highest BCUT2D eigenvalue weighted by Crippen LogP contribution is 2.23. The van der Waals surface area contributed by atoms with Crippen LogP contribution in [0.1, 0.15) is 12.0 Å². The van der Waals surface area contributed by atoms with Gasteiger partial charge in [-0.1, -0.05) is 30.3 Å². The Hall–Kier alpha value is -2.40. The minimum atomic E-state index is 0.799. The zero-order chi connectivity index (χ0) is 15.5. The second-order valence-electron chi connectivity index (χ2n) is 5.92. The number of imidazole rings is 1. The number of aromatic nitrogens is 3. The van der Waals surface area contributed by atoms with Crippen molar-refractivity contribution in [1.29, 1.82) is 0 Å². The quantitative estimate of drug-likeness (QED) is 0.806. The van der Waals surface area contributed by atoms with Gasteiger partial charge in [0.15, 0.2) is 5.65 Å². The highest BCUT2D eigenvalue weighted by molar-refractivity contribution is 5.74. The van der Waals surface area contributed by atoms with E-state index in [2.05, 4.69) is 50.1 Å². The van der Waals surface area contributed by atoms with Crippen LogP contribution in [0.15, 0.2) is 48.7 Å². The number of pyridine rings is 1. The number of benzene rings is 1. The Bertz CT molecular complexity index is 772. The lowest BCUT2D eigenvalue weighted by molar-refractivity contribution is 0.720.